The van der Waals surface area contributed by atoms with Crippen molar-refractivity contribution in [2.75, 3.05) is 11.5 Å². The molecule has 0 saturated heterocycles. The summed E-state index contributed by atoms with van der Waals surface area (Å²) in [5.41, 5.74) is 12.8. The molecule has 0 aliphatic carbocycles. The van der Waals surface area contributed by atoms with Crippen LogP contribution in [0.2, 0.25) is 0 Å². The minimum Gasteiger partial charge on any atom is -0.398 e. The highest BCUT2D eigenvalue weighted by Gasteiger charge is 2.03. The number of nitrogen functional groups attached to an aromatic ring is 2. The molecule has 0 bridgehead atoms. The molecule has 2 aromatic rings. The lowest BCUT2D eigenvalue weighted by molar-refractivity contribution is 0.945. The molecule has 88 valence electrons. The minimum atomic E-state index is -0.264. The molecule has 0 aliphatic heterocycles. The van der Waals surface area contributed by atoms with Gasteiger partial charge in [0.15, 0.2) is 5.16 Å². The first-order valence-electron chi connectivity index (χ1n) is 4.95. The van der Waals surface area contributed by atoms with Crippen LogP contribution in [0.3, 0.4) is 0 Å². The molecule has 0 spiro atoms. The molecule has 0 amide bonds. The molecule has 0 unspecified atom stereocenters. The Kier molecular flexibility index (Phi) is 3.06. The van der Waals surface area contributed by atoms with Crippen molar-refractivity contribution in [3.8, 4) is 0 Å². The topological polar surface area (TPSA) is 97.8 Å². The Morgan fingerprint density at radius 1 is 1.29 bits per heavy atom. The zero-order valence-corrected chi connectivity index (χ0v) is 10.0. The number of nitrogens with two attached hydrogens (primary N) is 2. The van der Waals surface area contributed by atoms with E-state index in [1.807, 2.05) is 25.1 Å². The molecule has 0 radical (unpaired) electrons. The van der Waals surface area contributed by atoms with Gasteiger partial charge in [-0.25, -0.2) is 4.98 Å². The minimum absolute atomic E-state index is 0.205. The molecule has 6 heteroatoms. The number of hydrogen-bond acceptors (Lipinski definition) is 5. The summed E-state index contributed by atoms with van der Waals surface area (Å²) in [5, 5.41) is 0.457. The van der Waals surface area contributed by atoms with Gasteiger partial charge in [0.2, 0.25) is 0 Å². The van der Waals surface area contributed by atoms with Gasteiger partial charge in [-0.1, -0.05) is 17.8 Å². The van der Waals surface area contributed by atoms with Gasteiger partial charge < -0.3 is 16.5 Å². The molecule has 1 heterocycles. The van der Waals surface area contributed by atoms with Crippen LogP contribution in [-0.2, 0) is 0 Å². The van der Waals surface area contributed by atoms with Crippen molar-refractivity contribution < 1.29 is 0 Å². The van der Waals surface area contributed by atoms with Crippen molar-refractivity contribution in [1.29, 1.82) is 0 Å². The fourth-order valence-electron chi connectivity index (χ4n) is 1.30. The van der Waals surface area contributed by atoms with E-state index in [1.54, 1.807) is 0 Å². The van der Waals surface area contributed by atoms with Crippen LogP contribution in [0.15, 0.2) is 39.1 Å². The summed E-state index contributed by atoms with van der Waals surface area (Å²) < 4.78 is 0. The SMILES string of the molecule is Cc1ccc(Sc2nc(N)cc(=O)[nH]2)cc1N. The number of nitrogens with one attached hydrogen (secondary N) is 1. The summed E-state index contributed by atoms with van der Waals surface area (Å²) in [6, 6.07) is 6.92. The molecular weight excluding hydrogens is 236 g/mol. The number of benzene rings is 1. The fraction of sp³-hybridized carbons (Fsp3) is 0.0909. The predicted octanol–water partition coefficient (Wildman–Crippen LogP) is 1.39. The van der Waals surface area contributed by atoms with Crippen molar-refractivity contribution in [3.05, 3.63) is 40.2 Å². The molecular formula is C11H12N4OS. The fourth-order valence-corrected chi connectivity index (χ4v) is 2.14. The largest absolute Gasteiger partial charge is 0.398 e. The first-order valence-corrected chi connectivity index (χ1v) is 5.77. The van der Waals surface area contributed by atoms with E-state index in [0.29, 0.717) is 10.8 Å². The third-order valence-corrected chi connectivity index (χ3v) is 3.08. The van der Waals surface area contributed by atoms with Crippen molar-refractivity contribution in [3.63, 3.8) is 0 Å². The lowest BCUT2D eigenvalue weighted by Crippen LogP contribution is -2.09. The summed E-state index contributed by atoms with van der Waals surface area (Å²) in [6.45, 7) is 1.93. The van der Waals surface area contributed by atoms with Crippen molar-refractivity contribution in [2.45, 2.75) is 17.0 Å². The average molecular weight is 248 g/mol. The average Bonchev–Trinajstić information content (AvgIpc) is 2.22. The van der Waals surface area contributed by atoms with Crippen molar-refractivity contribution in [1.82, 2.24) is 9.97 Å². The van der Waals surface area contributed by atoms with E-state index in [4.69, 9.17) is 11.5 Å². The molecule has 17 heavy (non-hydrogen) atoms. The summed E-state index contributed by atoms with van der Waals surface area (Å²) in [4.78, 5) is 18.7. The van der Waals surface area contributed by atoms with Crippen LogP contribution in [0.1, 0.15) is 5.56 Å². The Labute approximate surface area is 102 Å². The summed E-state index contributed by atoms with van der Waals surface area (Å²) in [5.74, 6) is 0.205. The van der Waals surface area contributed by atoms with Gasteiger partial charge in [-0.3, -0.25) is 4.79 Å². The zero-order chi connectivity index (χ0) is 12.4. The highest BCUT2D eigenvalue weighted by Crippen LogP contribution is 2.27. The molecule has 0 saturated carbocycles. The summed E-state index contributed by atoms with van der Waals surface area (Å²) in [6.07, 6.45) is 0. The Hall–Kier alpha value is -1.95. The Balaban J connectivity index is 2.31. The maximum Gasteiger partial charge on any atom is 0.253 e. The number of nitrogens with zero attached hydrogens (tertiary/aromatic N) is 1. The second kappa shape index (κ2) is 4.50. The van der Waals surface area contributed by atoms with Gasteiger partial charge >= 0.3 is 0 Å². The number of rotatable bonds is 2. The second-order valence-electron chi connectivity index (χ2n) is 3.60. The van der Waals surface area contributed by atoms with Gasteiger partial charge in [-0.15, -0.1) is 0 Å². The molecule has 2 rings (SSSR count). The number of aryl methyl sites for hydroxylation is 1. The maximum absolute atomic E-state index is 11.2. The second-order valence-corrected chi connectivity index (χ2v) is 4.66. The van der Waals surface area contributed by atoms with Crippen LogP contribution in [0, 0.1) is 6.92 Å². The van der Waals surface area contributed by atoms with Gasteiger partial charge in [0.1, 0.15) is 5.82 Å². The monoisotopic (exact) mass is 248 g/mol. The summed E-state index contributed by atoms with van der Waals surface area (Å²) in [7, 11) is 0. The molecule has 1 aromatic heterocycles. The first kappa shape index (κ1) is 11.5. The highest BCUT2D eigenvalue weighted by atomic mass is 32.2. The quantitative estimate of drug-likeness (QED) is 0.551. The van der Waals surface area contributed by atoms with Crippen LogP contribution in [0.5, 0.6) is 0 Å². The molecule has 5 nitrogen and oxygen atoms in total. The third-order valence-electron chi connectivity index (χ3n) is 2.20. The number of aromatic nitrogens is 2. The molecule has 5 N–H and O–H groups in total. The summed E-state index contributed by atoms with van der Waals surface area (Å²) >= 11 is 1.31. The van der Waals surface area contributed by atoms with E-state index in [0.717, 1.165) is 10.5 Å². The number of aromatic amines is 1. The van der Waals surface area contributed by atoms with Gasteiger partial charge in [0.25, 0.3) is 5.56 Å². The van der Waals surface area contributed by atoms with Crippen molar-refractivity contribution in [2.24, 2.45) is 0 Å². The van der Waals surface area contributed by atoms with Gasteiger partial charge in [0.05, 0.1) is 0 Å². The molecule has 0 atom stereocenters. The first-order chi connectivity index (χ1) is 8.04. The molecule has 0 aliphatic rings. The van der Waals surface area contributed by atoms with Crippen LogP contribution in [-0.4, -0.2) is 9.97 Å². The normalized spacial score (nSPS) is 10.4. The molecule has 0 fully saturated rings. The van der Waals surface area contributed by atoms with Crippen LogP contribution >= 0.6 is 11.8 Å². The number of H-pyrrole nitrogens is 1. The Morgan fingerprint density at radius 3 is 2.71 bits per heavy atom. The number of hydrogen-bond donors (Lipinski definition) is 3. The standard InChI is InChI=1S/C11H12N4OS/c1-6-2-3-7(4-8(6)12)17-11-14-9(13)5-10(16)15-11/h2-5H,12H2,1H3,(H3,13,14,15,16). The lowest BCUT2D eigenvalue weighted by Gasteiger charge is -2.04. The third kappa shape index (κ3) is 2.79. The van der Waals surface area contributed by atoms with E-state index < -0.39 is 0 Å². The van der Waals surface area contributed by atoms with Crippen LogP contribution in [0.4, 0.5) is 11.5 Å². The van der Waals surface area contributed by atoms with Crippen LogP contribution < -0.4 is 17.0 Å². The van der Waals surface area contributed by atoms with E-state index in [1.165, 1.54) is 17.8 Å². The van der Waals surface area contributed by atoms with E-state index in [-0.39, 0.29) is 11.4 Å². The maximum atomic E-state index is 11.2. The van der Waals surface area contributed by atoms with E-state index >= 15 is 0 Å². The van der Waals surface area contributed by atoms with Gasteiger partial charge in [-0.05, 0) is 24.6 Å². The van der Waals surface area contributed by atoms with E-state index in [2.05, 4.69) is 9.97 Å². The Bertz CT molecular complexity index is 609. The lowest BCUT2D eigenvalue weighted by atomic mass is 10.2. The number of anilines is 2. The van der Waals surface area contributed by atoms with Crippen LogP contribution in [0.25, 0.3) is 0 Å². The zero-order valence-electron chi connectivity index (χ0n) is 9.23. The van der Waals surface area contributed by atoms with Gasteiger partial charge in [0, 0.05) is 16.6 Å². The van der Waals surface area contributed by atoms with Gasteiger partial charge in [-0.2, -0.15) is 0 Å². The van der Waals surface area contributed by atoms with Crippen molar-refractivity contribution >= 4 is 23.3 Å². The highest BCUT2D eigenvalue weighted by molar-refractivity contribution is 7.99. The smallest absolute Gasteiger partial charge is 0.253 e. The Morgan fingerprint density at radius 2 is 2.06 bits per heavy atom. The predicted molar refractivity (Wildman–Crippen MR) is 69.0 cm³/mol. The van der Waals surface area contributed by atoms with E-state index in [9.17, 15) is 4.79 Å². The molecule has 1 aromatic carbocycles.